The number of piperidine rings is 1. The molecule has 7 nitrogen and oxygen atoms in total. The molecule has 0 radical (unpaired) electrons. The van der Waals surface area contributed by atoms with Crippen LogP contribution in [0.5, 0.6) is 5.75 Å². The van der Waals surface area contributed by atoms with Crippen molar-refractivity contribution in [2.24, 2.45) is 0 Å². The number of halogens is 1. The summed E-state index contributed by atoms with van der Waals surface area (Å²) >= 11 is 3.48. The number of methoxy groups -OCH3 is 1. The molecule has 2 N–H and O–H groups in total. The van der Waals surface area contributed by atoms with E-state index in [-0.39, 0.29) is 6.04 Å². The number of nitrogens with zero attached hydrogens (tertiary/aromatic N) is 3. The quantitative estimate of drug-likeness (QED) is 0.561. The maximum absolute atomic E-state index is 11.4. The zero-order chi connectivity index (χ0) is 21.3. The van der Waals surface area contributed by atoms with Crippen LogP contribution >= 0.6 is 15.9 Å². The molecule has 1 aliphatic rings. The van der Waals surface area contributed by atoms with Crippen molar-refractivity contribution in [2.45, 2.75) is 25.8 Å². The van der Waals surface area contributed by atoms with Gasteiger partial charge in [-0.25, -0.2) is 4.79 Å². The van der Waals surface area contributed by atoms with E-state index < -0.39 is 6.09 Å². The first-order valence-electron chi connectivity index (χ1n) is 9.81. The normalized spacial score (nSPS) is 16.5. The number of hydrogen-bond donors (Lipinski definition) is 2. The number of ether oxygens (including phenoxy) is 1. The molecule has 0 spiro atoms. The number of carbonyl (C=O) groups is 1. The Morgan fingerprint density at radius 1 is 1.23 bits per heavy atom. The summed E-state index contributed by atoms with van der Waals surface area (Å²) in [7, 11) is 1.64. The molecule has 2 aromatic carbocycles. The summed E-state index contributed by atoms with van der Waals surface area (Å²) in [4.78, 5) is 12.8. The van der Waals surface area contributed by atoms with Crippen LogP contribution in [0.25, 0.3) is 22.0 Å². The Balaban J connectivity index is 1.76. The van der Waals surface area contributed by atoms with Crippen LogP contribution in [-0.2, 0) is 0 Å². The van der Waals surface area contributed by atoms with Crippen LogP contribution in [-0.4, -0.2) is 52.5 Å². The van der Waals surface area contributed by atoms with E-state index in [0.29, 0.717) is 24.7 Å². The van der Waals surface area contributed by atoms with Gasteiger partial charge in [-0.3, -0.25) is 0 Å². The lowest BCUT2D eigenvalue weighted by molar-refractivity contribution is 0.133. The first-order chi connectivity index (χ1) is 14.5. The highest BCUT2D eigenvalue weighted by atomic mass is 79.9. The van der Waals surface area contributed by atoms with Crippen molar-refractivity contribution in [3.8, 4) is 17.0 Å². The van der Waals surface area contributed by atoms with Gasteiger partial charge in [0.05, 0.1) is 7.11 Å². The van der Waals surface area contributed by atoms with Crippen molar-refractivity contribution in [1.29, 1.82) is 0 Å². The Hall–Kier alpha value is -2.87. The number of amides is 1. The number of rotatable bonds is 4. The van der Waals surface area contributed by atoms with E-state index in [4.69, 9.17) is 4.74 Å². The molecule has 3 aromatic rings. The Kier molecular flexibility index (Phi) is 5.76. The lowest BCUT2D eigenvalue weighted by atomic mass is 10.0. The molecular weight excluding hydrogens is 448 g/mol. The zero-order valence-corrected chi connectivity index (χ0v) is 18.4. The molecule has 30 heavy (non-hydrogen) atoms. The lowest BCUT2D eigenvalue weighted by Gasteiger charge is -2.31. The number of hydrogen-bond acceptors (Lipinski definition) is 5. The average molecular weight is 471 g/mol. The Labute approximate surface area is 183 Å². The van der Waals surface area contributed by atoms with E-state index in [9.17, 15) is 9.90 Å². The molecule has 0 aliphatic carbocycles. The molecule has 2 heterocycles. The number of likely N-dealkylation sites (tertiary alicyclic amines) is 1. The van der Waals surface area contributed by atoms with Crippen LogP contribution in [0.1, 0.15) is 18.4 Å². The molecule has 1 fully saturated rings. The van der Waals surface area contributed by atoms with Crippen molar-refractivity contribution >= 4 is 38.6 Å². The molecule has 4 rings (SSSR count). The second-order valence-corrected chi connectivity index (χ2v) is 8.42. The van der Waals surface area contributed by atoms with Crippen molar-refractivity contribution in [2.75, 3.05) is 25.5 Å². The highest BCUT2D eigenvalue weighted by Gasteiger charge is 2.24. The van der Waals surface area contributed by atoms with Crippen molar-refractivity contribution in [3.05, 3.63) is 46.4 Å². The first-order valence-corrected chi connectivity index (χ1v) is 10.6. The standard InChI is InChI=1S/C22H23BrN4O3/c1-13-5-7-16-18(10-13)21(24-15-4-3-9-27(12-15)22(28)29)26-25-20(16)17-8-6-14(23)11-19(17)30-2/h5-8,10-11,15H,3-4,9,12H2,1-2H3,(H,24,26)(H,28,29). The minimum atomic E-state index is -0.883. The molecule has 1 atom stereocenters. The second-order valence-electron chi connectivity index (χ2n) is 7.50. The van der Waals surface area contributed by atoms with E-state index in [1.165, 1.54) is 4.90 Å². The predicted octanol–water partition coefficient (Wildman–Crippen LogP) is 4.93. The third-order valence-electron chi connectivity index (χ3n) is 5.39. The molecule has 1 amide bonds. The van der Waals surface area contributed by atoms with Gasteiger partial charge in [0.2, 0.25) is 0 Å². The van der Waals surface area contributed by atoms with Gasteiger partial charge >= 0.3 is 6.09 Å². The fourth-order valence-electron chi connectivity index (χ4n) is 3.90. The smallest absolute Gasteiger partial charge is 0.407 e. The largest absolute Gasteiger partial charge is 0.496 e. The Morgan fingerprint density at radius 3 is 2.83 bits per heavy atom. The highest BCUT2D eigenvalue weighted by Crippen LogP contribution is 2.37. The van der Waals surface area contributed by atoms with Crippen LogP contribution < -0.4 is 10.1 Å². The van der Waals surface area contributed by atoms with Crippen LogP contribution in [0.15, 0.2) is 40.9 Å². The van der Waals surface area contributed by atoms with Crippen LogP contribution in [0.4, 0.5) is 10.6 Å². The molecule has 0 saturated carbocycles. The molecule has 1 unspecified atom stereocenters. The topological polar surface area (TPSA) is 87.6 Å². The predicted molar refractivity (Wildman–Crippen MR) is 120 cm³/mol. The Morgan fingerprint density at radius 2 is 2.07 bits per heavy atom. The summed E-state index contributed by atoms with van der Waals surface area (Å²) in [6.07, 6.45) is 0.829. The fourth-order valence-corrected chi connectivity index (χ4v) is 4.24. The number of fused-ring (bicyclic) bond motifs is 1. The second kappa shape index (κ2) is 8.47. The van der Waals surface area contributed by atoms with E-state index in [0.717, 1.165) is 44.9 Å². The number of benzene rings is 2. The van der Waals surface area contributed by atoms with E-state index >= 15 is 0 Å². The molecule has 1 aromatic heterocycles. The van der Waals surface area contributed by atoms with Crippen molar-refractivity contribution in [3.63, 3.8) is 0 Å². The van der Waals surface area contributed by atoms with Gasteiger partial charge in [-0.15, -0.1) is 10.2 Å². The van der Waals surface area contributed by atoms with Crippen LogP contribution in [0.3, 0.4) is 0 Å². The minimum Gasteiger partial charge on any atom is -0.496 e. The van der Waals surface area contributed by atoms with Crippen LogP contribution in [0.2, 0.25) is 0 Å². The van der Waals surface area contributed by atoms with E-state index in [2.05, 4.69) is 43.6 Å². The van der Waals surface area contributed by atoms with Crippen molar-refractivity contribution < 1.29 is 14.6 Å². The average Bonchev–Trinajstić information content (AvgIpc) is 2.74. The molecule has 0 bridgehead atoms. The summed E-state index contributed by atoms with van der Waals surface area (Å²) in [5, 5.41) is 23.7. The summed E-state index contributed by atoms with van der Waals surface area (Å²) < 4.78 is 6.49. The van der Waals surface area contributed by atoms with Crippen molar-refractivity contribution in [1.82, 2.24) is 15.1 Å². The third-order valence-corrected chi connectivity index (χ3v) is 5.88. The monoisotopic (exact) mass is 470 g/mol. The van der Waals surface area contributed by atoms with Crippen LogP contribution in [0, 0.1) is 6.92 Å². The van der Waals surface area contributed by atoms with Gasteiger partial charge in [-0.1, -0.05) is 33.6 Å². The molecule has 1 saturated heterocycles. The minimum absolute atomic E-state index is 0.000860. The summed E-state index contributed by atoms with van der Waals surface area (Å²) in [5.41, 5.74) is 2.72. The number of carboxylic acid groups (broad SMARTS) is 1. The summed E-state index contributed by atoms with van der Waals surface area (Å²) in [5.74, 6) is 1.39. The SMILES string of the molecule is COc1cc(Br)ccc1-c1nnc(NC2CCCN(C(=O)O)C2)c2cc(C)ccc12. The summed E-state index contributed by atoms with van der Waals surface area (Å²) in [6.45, 7) is 3.05. The van der Waals surface area contributed by atoms with Gasteiger partial charge in [0.1, 0.15) is 11.4 Å². The number of aryl methyl sites for hydroxylation is 1. The fraction of sp³-hybridized carbons (Fsp3) is 0.318. The first kappa shape index (κ1) is 20.4. The van der Waals surface area contributed by atoms with E-state index in [1.54, 1.807) is 7.11 Å². The summed E-state index contributed by atoms with van der Waals surface area (Å²) in [6, 6.07) is 12.0. The Bertz CT molecular complexity index is 1110. The molecule has 156 valence electrons. The molecule has 8 heteroatoms. The van der Waals surface area contributed by atoms with Gasteiger partial charge < -0.3 is 20.1 Å². The maximum Gasteiger partial charge on any atom is 0.407 e. The van der Waals surface area contributed by atoms with Gasteiger partial charge in [-0.2, -0.15) is 0 Å². The lowest BCUT2D eigenvalue weighted by Crippen LogP contribution is -2.44. The highest BCUT2D eigenvalue weighted by molar-refractivity contribution is 9.10. The number of anilines is 1. The number of nitrogens with one attached hydrogen (secondary N) is 1. The van der Waals surface area contributed by atoms with Gasteiger partial charge in [-0.05, 0) is 44.0 Å². The van der Waals surface area contributed by atoms with Gasteiger partial charge in [0.25, 0.3) is 0 Å². The molecular formula is C22H23BrN4O3. The third kappa shape index (κ3) is 4.05. The number of aromatic nitrogens is 2. The molecule has 1 aliphatic heterocycles. The van der Waals surface area contributed by atoms with E-state index in [1.807, 2.05) is 31.2 Å². The maximum atomic E-state index is 11.4. The van der Waals surface area contributed by atoms with Gasteiger partial charge in [0, 0.05) is 39.9 Å². The van der Waals surface area contributed by atoms with Gasteiger partial charge in [0.15, 0.2) is 5.82 Å². The zero-order valence-electron chi connectivity index (χ0n) is 16.9.